The van der Waals surface area contributed by atoms with Crippen molar-refractivity contribution in [1.29, 1.82) is 0 Å². The van der Waals surface area contributed by atoms with Gasteiger partial charge in [-0.05, 0) is 70.8 Å². The molecule has 1 aliphatic rings. The van der Waals surface area contributed by atoms with Crippen LogP contribution in [-0.4, -0.2) is 48.3 Å². The molecular weight excluding hydrogens is 312 g/mol. The Bertz CT molecular complexity index is 707. The smallest absolute Gasteiger partial charge is 0.111 e. The maximum absolute atomic E-state index is 10.1. The van der Waals surface area contributed by atoms with Crippen molar-refractivity contribution in [2.45, 2.75) is 51.2 Å². The largest absolute Gasteiger partial charge is 0.393 e. The molecule has 3 unspecified atom stereocenters. The highest BCUT2D eigenvalue weighted by molar-refractivity contribution is 5.85. The second-order valence-corrected chi connectivity index (χ2v) is 7.74. The van der Waals surface area contributed by atoms with Gasteiger partial charge in [0.25, 0.3) is 0 Å². The van der Waals surface area contributed by atoms with E-state index in [2.05, 4.69) is 55.2 Å². The van der Waals surface area contributed by atoms with Crippen molar-refractivity contribution in [2.24, 2.45) is 5.92 Å². The molecule has 0 bridgehead atoms. The van der Waals surface area contributed by atoms with Gasteiger partial charge in [0, 0.05) is 10.9 Å². The predicted molar refractivity (Wildman–Crippen MR) is 103 cm³/mol. The lowest BCUT2D eigenvalue weighted by Crippen LogP contribution is -2.44. The fraction of sp³-hybridized carbons (Fsp3) is 0.619. The van der Waals surface area contributed by atoms with Crippen LogP contribution in [0.15, 0.2) is 24.3 Å². The zero-order valence-electron chi connectivity index (χ0n) is 16.0. The van der Waals surface area contributed by atoms with E-state index < -0.39 is 0 Å². The Morgan fingerprint density at radius 1 is 1.32 bits per heavy atom. The molecule has 0 saturated carbocycles. The quantitative estimate of drug-likeness (QED) is 0.805. The van der Waals surface area contributed by atoms with Gasteiger partial charge in [0.15, 0.2) is 0 Å². The topological polar surface area (TPSA) is 48.5 Å². The molecule has 4 heteroatoms. The van der Waals surface area contributed by atoms with Gasteiger partial charge in [-0.3, -0.25) is 0 Å². The number of para-hydroxylation sites is 1. The van der Waals surface area contributed by atoms with Crippen LogP contribution in [0.1, 0.15) is 44.4 Å². The summed E-state index contributed by atoms with van der Waals surface area (Å²) in [5.41, 5.74) is 3.51. The van der Waals surface area contributed by atoms with Crippen LogP contribution in [0, 0.1) is 5.92 Å². The maximum Gasteiger partial charge on any atom is 0.111 e. The van der Waals surface area contributed by atoms with Gasteiger partial charge >= 0.3 is 0 Å². The third kappa shape index (κ3) is 3.48. The number of rotatable bonds is 7. The van der Waals surface area contributed by atoms with Crippen molar-refractivity contribution in [1.82, 2.24) is 9.88 Å². The Kier molecular flexibility index (Phi) is 5.52. The summed E-state index contributed by atoms with van der Waals surface area (Å²) in [4.78, 5) is 5.89. The first-order valence-corrected chi connectivity index (χ1v) is 9.54. The summed E-state index contributed by atoms with van der Waals surface area (Å²) in [5, 5.41) is 11.5. The Morgan fingerprint density at radius 3 is 2.76 bits per heavy atom. The predicted octanol–water partition coefficient (Wildman–Crippen LogP) is 3.68. The SMILES string of the molecule is CCC1(C(CCN(C)C)CC(C)O)OCCc2c1[nH]c1ccccc21. The Hall–Kier alpha value is -1.36. The van der Waals surface area contributed by atoms with Gasteiger partial charge in [-0.2, -0.15) is 0 Å². The molecule has 0 spiro atoms. The molecule has 0 aliphatic carbocycles. The van der Waals surface area contributed by atoms with Gasteiger partial charge in [-0.25, -0.2) is 0 Å². The molecule has 3 atom stereocenters. The summed E-state index contributed by atoms with van der Waals surface area (Å²) in [6, 6.07) is 8.55. The Balaban J connectivity index is 2.06. The van der Waals surface area contributed by atoms with Crippen molar-refractivity contribution < 1.29 is 9.84 Å². The molecule has 0 amide bonds. The number of nitrogens with one attached hydrogen (secondary N) is 1. The molecule has 2 heterocycles. The number of benzene rings is 1. The van der Waals surface area contributed by atoms with E-state index in [4.69, 9.17) is 4.74 Å². The number of fused-ring (bicyclic) bond motifs is 3. The summed E-state index contributed by atoms with van der Waals surface area (Å²) < 4.78 is 6.51. The normalized spacial score (nSPS) is 23.0. The van der Waals surface area contributed by atoms with Crippen LogP contribution in [0.4, 0.5) is 0 Å². The highest BCUT2D eigenvalue weighted by Crippen LogP contribution is 2.46. The number of aromatic amines is 1. The number of H-pyrrole nitrogens is 1. The lowest BCUT2D eigenvalue weighted by molar-refractivity contribution is -0.120. The highest BCUT2D eigenvalue weighted by Gasteiger charge is 2.45. The molecule has 0 saturated heterocycles. The molecule has 4 nitrogen and oxygen atoms in total. The van der Waals surface area contributed by atoms with Crippen molar-refractivity contribution in [3.8, 4) is 0 Å². The van der Waals surface area contributed by atoms with Crippen molar-refractivity contribution in [3.63, 3.8) is 0 Å². The van der Waals surface area contributed by atoms with Crippen LogP contribution in [0.25, 0.3) is 10.9 Å². The van der Waals surface area contributed by atoms with Gasteiger partial charge in [0.1, 0.15) is 5.60 Å². The molecule has 2 N–H and O–H groups in total. The molecule has 0 radical (unpaired) electrons. The standard InChI is InChI=1S/C21H32N2O2/c1-5-21(16(14-15(2)24)10-12-23(3)4)20-18(11-13-25-21)17-8-6-7-9-19(17)22-20/h6-9,15-16,22,24H,5,10-14H2,1-4H3. The van der Waals surface area contributed by atoms with Gasteiger partial charge < -0.3 is 19.7 Å². The third-order valence-electron chi connectivity index (χ3n) is 5.68. The van der Waals surface area contributed by atoms with Crippen molar-refractivity contribution in [3.05, 3.63) is 35.5 Å². The van der Waals surface area contributed by atoms with E-state index in [-0.39, 0.29) is 17.6 Å². The first-order chi connectivity index (χ1) is 12.0. The summed E-state index contributed by atoms with van der Waals surface area (Å²) in [6.45, 7) is 5.85. The summed E-state index contributed by atoms with van der Waals surface area (Å²) in [5.74, 6) is 0.284. The lowest BCUT2D eigenvalue weighted by atomic mass is 9.74. The maximum atomic E-state index is 10.1. The molecule has 3 rings (SSSR count). The van der Waals surface area contributed by atoms with E-state index in [1.165, 1.54) is 22.2 Å². The molecule has 1 aromatic heterocycles. The van der Waals surface area contributed by atoms with E-state index in [0.29, 0.717) is 0 Å². The highest BCUT2D eigenvalue weighted by atomic mass is 16.5. The minimum Gasteiger partial charge on any atom is -0.393 e. The fourth-order valence-corrected chi connectivity index (χ4v) is 4.48. The number of aliphatic hydroxyl groups is 1. The first kappa shape index (κ1) is 18.4. The van der Waals surface area contributed by atoms with E-state index in [0.717, 1.165) is 38.8 Å². The summed E-state index contributed by atoms with van der Waals surface area (Å²) in [7, 11) is 4.21. The van der Waals surface area contributed by atoms with Gasteiger partial charge in [0.2, 0.25) is 0 Å². The average Bonchev–Trinajstić information content (AvgIpc) is 2.97. The van der Waals surface area contributed by atoms with E-state index in [1.807, 2.05) is 6.92 Å². The lowest BCUT2D eigenvalue weighted by Gasteiger charge is -2.44. The molecular formula is C21H32N2O2. The van der Waals surface area contributed by atoms with E-state index in [9.17, 15) is 5.11 Å². The van der Waals surface area contributed by atoms with Crippen LogP contribution in [0.2, 0.25) is 0 Å². The molecule has 1 aromatic carbocycles. The summed E-state index contributed by atoms with van der Waals surface area (Å²) in [6.07, 6.45) is 3.32. The number of ether oxygens (including phenoxy) is 1. The monoisotopic (exact) mass is 344 g/mol. The number of aromatic nitrogens is 1. The molecule has 138 valence electrons. The van der Waals surface area contributed by atoms with Gasteiger partial charge in [-0.15, -0.1) is 0 Å². The zero-order chi connectivity index (χ0) is 18.0. The Labute approximate surface area is 151 Å². The zero-order valence-corrected chi connectivity index (χ0v) is 16.0. The fourth-order valence-electron chi connectivity index (χ4n) is 4.48. The Morgan fingerprint density at radius 2 is 2.08 bits per heavy atom. The van der Waals surface area contributed by atoms with Crippen LogP contribution in [0.5, 0.6) is 0 Å². The van der Waals surface area contributed by atoms with Gasteiger partial charge in [0.05, 0.1) is 18.4 Å². The third-order valence-corrected chi connectivity index (χ3v) is 5.68. The van der Waals surface area contributed by atoms with Crippen LogP contribution >= 0.6 is 0 Å². The number of aliphatic hydroxyl groups excluding tert-OH is 1. The van der Waals surface area contributed by atoms with Gasteiger partial charge in [-0.1, -0.05) is 25.1 Å². The number of nitrogens with zero attached hydrogens (tertiary/aromatic N) is 1. The van der Waals surface area contributed by atoms with E-state index in [1.54, 1.807) is 0 Å². The van der Waals surface area contributed by atoms with Crippen LogP contribution in [-0.2, 0) is 16.8 Å². The molecule has 25 heavy (non-hydrogen) atoms. The molecule has 2 aromatic rings. The molecule has 1 aliphatic heterocycles. The molecule has 0 fully saturated rings. The first-order valence-electron chi connectivity index (χ1n) is 9.54. The minimum atomic E-state index is -0.334. The minimum absolute atomic E-state index is 0.284. The second kappa shape index (κ2) is 7.48. The van der Waals surface area contributed by atoms with Crippen molar-refractivity contribution >= 4 is 10.9 Å². The average molecular weight is 344 g/mol. The summed E-state index contributed by atoms with van der Waals surface area (Å²) >= 11 is 0. The van der Waals surface area contributed by atoms with Crippen LogP contribution < -0.4 is 0 Å². The van der Waals surface area contributed by atoms with Crippen molar-refractivity contribution in [2.75, 3.05) is 27.2 Å². The number of hydrogen-bond acceptors (Lipinski definition) is 3. The number of hydrogen-bond donors (Lipinski definition) is 2. The second-order valence-electron chi connectivity index (χ2n) is 7.74. The van der Waals surface area contributed by atoms with E-state index >= 15 is 0 Å². The van der Waals surface area contributed by atoms with Crippen LogP contribution in [0.3, 0.4) is 0 Å².